The molecule has 1 amide bonds. The van der Waals surface area contributed by atoms with Crippen molar-refractivity contribution in [1.29, 1.82) is 0 Å². The van der Waals surface area contributed by atoms with Gasteiger partial charge in [0.25, 0.3) is 0 Å². The Kier molecular flexibility index (Phi) is 2.54. The van der Waals surface area contributed by atoms with Gasteiger partial charge >= 0.3 is 0 Å². The third-order valence-corrected chi connectivity index (χ3v) is 3.01. The van der Waals surface area contributed by atoms with Crippen LogP contribution in [0.4, 0.5) is 0 Å². The molecule has 1 N–H and O–H groups in total. The van der Waals surface area contributed by atoms with E-state index in [0.717, 1.165) is 26.1 Å². The minimum absolute atomic E-state index is 0.348. The maximum atomic E-state index is 11.5. The SMILES string of the molecule is CC1CC(=O)N(C[C@H]2CCCN2)C1. The Morgan fingerprint density at radius 3 is 3.00 bits per heavy atom. The lowest BCUT2D eigenvalue weighted by Gasteiger charge is -2.20. The Hall–Kier alpha value is -0.570. The lowest BCUT2D eigenvalue weighted by Crippen LogP contribution is -2.38. The number of likely N-dealkylation sites (tertiary alicyclic amines) is 1. The van der Waals surface area contributed by atoms with Gasteiger partial charge in [-0.05, 0) is 25.3 Å². The number of carbonyl (C=O) groups is 1. The smallest absolute Gasteiger partial charge is 0.222 e. The largest absolute Gasteiger partial charge is 0.341 e. The summed E-state index contributed by atoms with van der Waals surface area (Å²) in [7, 11) is 0. The summed E-state index contributed by atoms with van der Waals surface area (Å²) in [5.74, 6) is 0.912. The Bertz CT molecular complexity index is 199. The zero-order chi connectivity index (χ0) is 9.26. The molecule has 13 heavy (non-hydrogen) atoms. The predicted molar refractivity (Wildman–Crippen MR) is 51.4 cm³/mol. The van der Waals surface area contributed by atoms with Crippen LogP contribution >= 0.6 is 0 Å². The van der Waals surface area contributed by atoms with E-state index < -0.39 is 0 Å². The summed E-state index contributed by atoms with van der Waals surface area (Å²) < 4.78 is 0. The second kappa shape index (κ2) is 3.66. The molecule has 2 rings (SSSR count). The molecule has 74 valence electrons. The summed E-state index contributed by atoms with van der Waals surface area (Å²) in [6.07, 6.45) is 3.26. The van der Waals surface area contributed by atoms with Crippen LogP contribution in [0, 0.1) is 5.92 Å². The van der Waals surface area contributed by atoms with Crippen LogP contribution in [0.3, 0.4) is 0 Å². The van der Waals surface area contributed by atoms with Gasteiger partial charge < -0.3 is 10.2 Å². The van der Waals surface area contributed by atoms with E-state index in [0.29, 0.717) is 17.9 Å². The molecule has 0 saturated carbocycles. The molecule has 2 atom stereocenters. The molecule has 3 nitrogen and oxygen atoms in total. The number of hydrogen-bond donors (Lipinski definition) is 1. The van der Waals surface area contributed by atoms with Crippen molar-refractivity contribution in [2.24, 2.45) is 5.92 Å². The van der Waals surface area contributed by atoms with E-state index in [4.69, 9.17) is 0 Å². The highest BCUT2D eigenvalue weighted by atomic mass is 16.2. The first-order valence-corrected chi connectivity index (χ1v) is 5.27. The van der Waals surface area contributed by atoms with E-state index in [9.17, 15) is 4.79 Å². The van der Waals surface area contributed by atoms with Gasteiger partial charge in [0, 0.05) is 25.6 Å². The highest BCUT2D eigenvalue weighted by Crippen LogP contribution is 2.18. The Morgan fingerprint density at radius 1 is 1.62 bits per heavy atom. The third kappa shape index (κ3) is 2.02. The molecule has 0 aromatic heterocycles. The lowest BCUT2D eigenvalue weighted by atomic mass is 10.2. The summed E-state index contributed by atoms with van der Waals surface area (Å²) in [6, 6.07) is 0.564. The van der Waals surface area contributed by atoms with Gasteiger partial charge in [-0.2, -0.15) is 0 Å². The molecule has 1 unspecified atom stereocenters. The summed E-state index contributed by atoms with van der Waals surface area (Å²) in [6.45, 7) is 5.18. The van der Waals surface area contributed by atoms with E-state index in [1.807, 2.05) is 4.90 Å². The predicted octanol–water partition coefficient (Wildman–Crippen LogP) is 0.607. The number of amides is 1. The van der Waals surface area contributed by atoms with Gasteiger partial charge in [0.05, 0.1) is 0 Å². The minimum atomic E-state index is 0.348. The summed E-state index contributed by atoms with van der Waals surface area (Å²) >= 11 is 0. The van der Waals surface area contributed by atoms with Crippen LogP contribution in [0.5, 0.6) is 0 Å². The van der Waals surface area contributed by atoms with E-state index in [-0.39, 0.29) is 0 Å². The van der Waals surface area contributed by atoms with Crippen LogP contribution in [0.15, 0.2) is 0 Å². The summed E-state index contributed by atoms with van der Waals surface area (Å²) in [4.78, 5) is 13.5. The summed E-state index contributed by atoms with van der Waals surface area (Å²) in [5, 5.41) is 3.42. The number of hydrogen-bond acceptors (Lipinski definition) is 2. The molecule has 2 heterocycles. The minimum Gasteiger partial charge on any atom is -0.341 e. The average molecular weight is 182 g/mol. The average Bonchev–Trinajstić information content (AvgIpc) is 2.63. The zero-order valence-electron chi connectivity index (χ0n) is 8.25. The molecule has 0 aromatic rings. The number of nitrogens with zero attached hydrogens (tertiary/aromatic N) is 1. The van der Waals surface area contributed by atoms with E-state index in [1.54, 1.807) is 0 Å². The van der Waals surface area contributed by atoms with Crippen molar-refractivity contribution in [1.82, 2.24) is 10.2 Å². The molecule has 0 spiro atoms. The van der Waals surface area contributed by atoms with Crippen molar-refractivity contribution < 1.29 is 4.79 Å². The molecule has 3 heteroatoms. The van der Waals surface area contributed by atoms with Crippen molar-refractivity contribution in [3.8, 4) is 0 Å². The second-order valence-electron chi connectivity index (χ2n) is 4.40. The fourth-order valence-electron chi connectivity index (χ4n) is 2.32. The van der Waals surface area contributed by atoms with E-state index in [1.165, 1.54) is 12.8 Å². The third-order valence-electron chi connectivity index (χ3n) is 3.01. The van der Waals surface area contributed by atoms with Crippen LogP contribution in [0.2, 0.25) is 0 Å². The fraction of sp³-hybridized carbons (Fsp3) is 0.900. The molecular weight excluding hydrogens is 164 g/mol. The van der Waals surface area contributed by atoms with E-state index in [2.05, 4.69) is 12.2 Å². The van der Waals surface area contributed by atoms with Gasteiger partial charge in [-0.3, -0.25) is 4.79 Å². The molecule has 0 aromatic carbocycles. The van der Waals surface area contributed by atoms with Crippen LogP contribution in [-0.4, -0.2) is 36.5 Å². The molecule has 2 saturated heterocycles. The van der Waals surface area contributed by atoms with Crippen molar-refractivity contribution >= 4 is 5.91 Å². The molecule has 2 fully saturated rings. The van der Waals surface area contributed by atoms with Gasteiger partial charge in [0.1, 0.15) is 0 Å². The van der Waals surface area contributed by atoms with Crippen LogP contribution < -0.4 is 5.32 Å². The monoisotopic (exact) mass is 182 g/mol. The first-order chi connectivity index (χ1) is 6.25. The van der Waals surface area contributed by atoms with Gasteiger partial charge in [0.2, 0.25) is 5.91 Å². The number of rotatable bonds is 2. The maximum Gasteiger partial charge on any atom is 0.222 e. The number of carbonyl (C=O) groups excluding carboxylic acids is 1. The molecule has 2 aliphatic heterocycles. The normalized spacial score (nSPS) is 34.5. The molecule has 0 bridgehead atoms. The highest BCUT2D eigenvalue weighted by molar-refractivity contribution is 5.78. The number of nitrogens with one attached hydrogen (secondary N) is 1. The van der Waals surface area contributed by atoms with Gasteiger partial charge in [-0.15, -0.1) is 0 Å². The topological polar surface area (TPSA) is 32.3 Å². The molecule has 2 aliphatic rings. The molecule has 0 aliphatic carbocycles. The molecule has 0 radical (unpaired) electrons. The maximum absolute atomic E-state index is 11.5. The Balaban J connectivity index is 1.83. The summed E-state index contributed by atoms with van der Waals surface area (Å²) in [5.41, 5.74) is 0. The Labute approximate surface area is 79.5 Å². The van der Waals surface area contributed by atoms with Crippen molar-refractivity contribution in [3.05, 3.63) is 0 Å². The fourth-order valence-corrected chi connectivity index (χ4v) is 2.32. The first-order valence-electron chi connectivity index (χ1n) is 5.27. The van der Waals surface area contributed by atoms with Crippen LogP contribution in [0.1, 0.15) is 26.2 Å². The van der Waals surface area contributed by atoms with Crippen LogP contribution in [0.25, 0.3) is 0 Å². The lowest BCUT2D eigenvalue weighted by molar-refractivity contribution is -0.128. The van der Waals surface area contributed by atoms with Crippen LogP contribution in [-0.2, 0) is 4.79 Å². The Morgan fingerprint density at radius 2 is 2.46 bits per heavy atom. The standard InChI is InChI=1S/C10H18N2O/c1-8-5-10(13)12(6-8)7-9-3-2-4-11-9/h8-9,11H,2-7H2,1H3/t8?,9-/m1/s1. The van der Waals surface area contributed by atoms with Gasteiger partial charge in [0.15, 0.2) is 0 Å². The highest BCUT2D eigenvalue weighted by Gasteiger charge is 2.28. The van der Waals surface area contributed by atoms with Crippen molar-refractivity contribution in [3.63, 3.8) is 0 Å². The van der Waals surface area contributed by atoms with Crippen molar-refractivity contribution in [2.45, 2.75) is 32.2 Å². The molecular formula is C10H18N2O. The van der Waals surface area contributed by atoms with Crippen molar-refractivity contribution in [2.75, 3.05) is 19.6 Å². The van der Waals surface area contributed by atoms with E-state index >= 15 is 0 Å². The second-order valence-corrected chi connectivity index (χ2v) is 4.40. The quantitative estimate of drug-likeness (QED) is 0.678. The zero-order valence-corrected chi connectivity index (χ0v) is 8.25. The van der Waals surface area contributed by atoms with Gasteiger partial charge in [-0.1, -0.05) is 6.92 Å². The first kappa shape index (κ1) is 9.00. The van der Waals surface area contributed by atoms with Gasteiger partial charge in [-0.25, -0.2) is 0 Å².